The van der Waals surface area contributed by atoms with E-state index in [4.69, 9.17) is 9.47 Å². The number of hydrogen-bond donors (Lipinski definition) is 1. The Labute approximate surface area is 131 Å². The first-order chi connectivity index (χ1) is 10.8. The van der Waals surface area contributed by atoms with Crippen LogP contribution in [0, 0.1) is 12.8 Å². The van der Waals surface area contributed by atoms with Crippen molar-refractivity contribution in [2.75, 3.05) is 19.7 Å². The van der Waals surface area contributed by atoms with Gasteiger partial charge in [0.05, 0.1) is 6.61 Å². The van der Waals surface area contributed by atoms with Gasteiger partial charge in [0.25, 0.3) is 5.88 Å². The summed E-state index contributed by atoms with van der Waals surface area (Å²) < 4.78 is 11.8. The third-order valence-corrected chi connectivity index (χ3v) is 3.85. The SMILES string of the molecule is Cc1ccc(Oc2ncccc2OCC2CCCNC2)cc1. The van der Waals surface area contributed by atoms with E-state index in [0.717, 1.165) is 18.8 Å². The Morgan fingerprint density at radius 3 is 2.86 bits per heavy atom. The van der Waals surface area contributed by atoms with E-state index < -0.39 is 0 Å². The number of nitrogens with zero attached hydrogens (tertiary/aromatic N) is 1. The molecule has 116 valence electrons. The van der Waals surface area contributed by atoms with E-state index in [9.17, 15) is 0 Å². The Kier molecular flexibility index (Phi) is 4.91. The van der Waals surface area contributed by atoms with Gasteiger partial charge in [0.1, 0.15) is 5.75 Å². The van der Waals surface area contributed by atoms with E-state index in [2.05, 4.69) is 17.2 Å². The Balaban J connectivity index is 1.65. The van der Waals surface area contributed by atoms with Crippen LogP contribution in [0.5, 0.6) is 17.4 Å². The van der Waals surface area contributed by atoms with Crippen LogP contribution < -0.4 is 14.8 Å². The zero-order chi connectivity index (χ0) is 15.2. The maximum atomic E-state index is 5.95. The number of nitrogens with one attached hydrogen (secondary N) is 1. The van der Waals surface area contributed by atoms with Gasteiger partial charge in [0, 0.05) is 18.7 Å². The molecular weight excluding hydrogens is 276 g/mol. The monoisotopic (exact) mass is 298 g/mol. The van der Waals surface area contributed by atoms with E-state index >= 15 is 0 Å². The number of benzene rings is 1. The van der Waals surface area contributed by atoms with Crippen LogP contribution in [0.1, 0.15) is 18.4 Å². The molecule has 1 unspecified atom stereocenters. The summed E-state index contributed by atoms with van der Waals surface area (Å²) in [6.45, 7) is 4.89. The number of aromatic nitrogens is 1. The van der Waals surface area contributed by atoms with E-state index in [0.29, 0.717) is 24.2 Å². The van der Waals surface area contributed by atoms with E-state index in [1.54, 1.807) is 6.20 Å². The van der Waals surface area contributed by atoms with Crippen LogP contribution >= 0.6 is 0 Å². The van der Waals surface area contributed by atoms with Crippen molar-refractivity contribution in [1.82, 2.24) is 10.3 Å². The van der Waals surface area contributed by atoms with Crippen molar-refractivity contribution in [3.05, 3.63) is 48.2 Å². The third kappa shape index (κ3) is 3.98. The molecule has 0 radical (unpaired) electrons. The summed E-state index contributed by atoms with van der Waals surface area (Å²) in [7, 11) is 0. The molecule has 2 heterocycles. The number of rotatable bonds is 5. The van der Waals surface area contributed by atoms with E-state index in [1.165, 1.54) is 18.4 Å². The predicted octanol–water partition coefficient (Wildman–Crippen LogP) is 3.56. The summed E-state index contributed by atoms with van der Waals surface area (Å²) in [6, 6.07) is 11.7. The number of piperidine rings is 1. The highest BCUT2D eigenvalue weighted by molar-refractivity contribution is 5.37. The van der Waals surface area contributed by atoms with Crippen molar-refractivity contribution >= 4 is 0 Å². The maximum absolute atomic E-state index is 5.95. The molecule has 22 heavy (non-hydrogen) atoms. The molecule has 0 bridgehead atoms. The molecule has 0 amide bonds. The first-order valence-electron chi connectivity index (χ1n) is 7.84. The second-order valence-corrected chi connectivity index (χ2v) is 5.75. The molecule has 0 aliphatic carbocycles. The number of pyridine rings is 1. The number of ether oxygens (including phenoxy) is 2. The minimum absolute atomic E-state index is 0.523. The van der Waals surface area contributed by atoms with Crippen molar-refractivity contribution in [2.45, 2.75) is 19.8 Å². The zero-order valence-electron chi connectivity index (χ0n) is 12.9. The topological polar surface area (TPSA) is 43.4 Å². The van der Waals surface area contributed by atoms with Crippen LogP contribution in [0.15, 0.2) is 42.6 Å². The summed E-state index contributed by atoms with van der Waals surface area (Å²) >= 11 is 0. The summed E-state index contributed by atoms with van der Waals surface area (Å²) in [5, 5.41) is 3.40. The van der Waals surface area contributed by atoms with Crippen molar-refractivity contribution < 1.29 is 9.47 Å². The summed E-state index contributed by atoms with van der Waals surface area (Å²) in [5.74, 6) is 2.55. The molecule has 1 atom stereocenters. The largest absolute Gasteiger partial charge is 0.488 e. The van der Waals surface area contributed by atoms with Crippen molar-refractivity contribution in [3.63, 3.8) is 0 Å². The normalized spacial score (nSPS) is 18.0. The fourth-order valence-corrected chi connectivity index (χ4v) is 2.55. The molecule has 1 aliphatic heterocycles. The van der Waals surface area contributed by atoms with Crippen LogP contribution in [-0.2, 0) is 0 Å². The molecule has 1 N–H and O–H groups in total. The molecule has 0 saturated carbocycles. The number of aryl methyl sites for hydroxylation is 1. The molecule has 1 aromatic carbocycles. The van der Waals surface area contributed by atoms with Gasteiger partial charge < -0.3 is 14.8 Å². The highest BCUT2D eigenvalue weighted by Gasteiger charge is 2.15. The highest BCUT2D eigenvalue weighted by Crippen LogP contribution is 2.29. The van der Waals surface area contributed by atoms with Crippen LogP contribution in [0.25, 0.3) is 0 Å². The Morgan fingerprint density at radius 1 is 1.23 bits per heavy atom. The van der Waals surface area contributed by atoms with Gasteiger partial charge in [-0.2, -0.15) is 0 Å². The summed E-state index contributed by atoms with van der Waals surface area (Å²) in [5.41, 5.74) is 1.20. The molecule has 0 spiro atoms. The fourth-order valence-electron chi connectivity index (χ4n) is 2.55. The molecule has 2 aromatic rings. The summed E-state index contributed by atoms with van der Waals surface area (Å²) in [4.78, 5) is 4.30. The number of hydrogen-bond acceptors (Lipinski definition) is 4. The molecule has 4 heteroatoms. The molecule has 1 aliphatic rings. The van der Waals surface area contributed by atoms with Gasteiger partial charge in [-0.25, -0.2) is 4.98 Å². The summed E-state index contributed by atoms with van der Waals surface area (Å²) in [6.07, 6.45) is 4.15. The first-order valence-corrected chi connectivity index (χ1v) is 7.84. The van der Waals surface area contributed by atoms with Gasteiger partial charge >= 0.3 is 0 Å². The van der Waals surface area contributed by atoms with Crippen LogP contribution in [-0.4, -0.2) is 24.7 Å². The van der Waals surface area contributed by atoms with Gasteiger partial charge in [-0.1, -0.05) is 17.7 Å². The van der Waals surface area contributed by atoms with Crippen LogP contribution in [0.3, 0.4) is 0 Å². The van der Waals surface area contributed by atoms with Crippen molar-refractivity contribution in [3.8, 4) is 17.4 Å². The molecular formula is C18H22N2O2. The minimum Gasteiger partial charge on any atom is -0.488 e. The quantitative estimate of drug-likeness (QED) is 0.916. The fraction of sp³-hybridized carbons (Fsp3) is 0.389. The lowest BCUT2D eigenvalue weighted by Gasteiger charge is -2.23. The molecule has 3 rings (SSSR count). The first kappa shape index (κ1) is 14.9. The average Bonchev–Trinajstić information content (AvgIpc) is 2.57. The van der Waals surface area contributed by atoms with Gasteiger partial charge in [0.15, 0.2) is 5.75 Å². The average molecular weight is 298 g/mol. The zero-order valence-corrected chi connectivity index (χ0v) is 12.9. The van der Waals surface area contributed by atoms with Crippen LogP contribution in [0.4, 0.5) is 0 Å². The second-order valence-electron chi connectivity index (χ2n) is 5.75. The minimum atomic E-state index is 0.523. The lowest BCUT2D eigenvalue weighted by Crippen LogP contribution is -2.33. The van der Waals surface area contributed by atoms with Crippen molar-refractivity contribution in [1.29, 1.82) is 0 Å². The standard InChI is InChI=1S/C18H22N2O2/c1-14-6-8-16(9-7-14)22-18-17(5-3-11-20-18)21-13-15-4-2-10-19-12-15/h3,5-9,11,15,19H,2,4,10,12-13H2,1H3. The van der Waals surface area contributed by atoms with Crippen molar-refractivity contribution in [2.24, 2.45) is 5.92 Å². The van der Waals surface area contributed by atoms with Gasteiger partial charge in [0.2, 0.25) is 0 Å². The lowest BCUT2D eigenvalue weighted by molar-refractivity contribution is 0.212. The smallest absolute Gasteiger partial charge is 0.262 e. The Morgan fingerprint density at radius 2 is 2.09 bits per heavy atom. The maximum Gasteiger partial charge on any atom is 0.262 e. The molecule has 1 fully saturated rings. The second kappa shape index (κ2) is 7.27. The highest BCUT2D eigenvalue weighted by atomic mass is 16.5. The molecule has 4 nitrogen and oxygen atoms in total. The Bertz CT molecular complexity index is 592. The lowest BCUT2D eigenvalue weighted by atomic mass is 10.0. The molecule has 1 aromatic heterocycles. The van der Waals surface area contributed by atoms with E-state index in [-0.39, 0.29) is 0 Å². The van der Waals surface area contributed by atoms with Gasteiger partial charge in [-0.3, -0.25) is 0 Å². The van der Waals surface area contributed by atoms with Gasteiger partial charge in [-0.15, -0.1) is 0 Å². The molecule has 1 saturated heterocycles. The van der Waals surface area contributed by atoms with Gasteiger partial charge in [-0.05, 0) is 50.6 Å². The third-order valence-electron chi connectivity index (χ3n) is 3.85. The Hall–Kier alpha value is -2.07. The predicted molar refractivity (Wildman–Crippen MR) is 86.6 cm³/mol. The van der Waals surface area contributed by atoms with Crippen LogP contribution in [0.2, 0.25) is 0 Å². The van der Waals surface area contributed by atoms with E-state index in [1.807, 2.05) is 36.4 Å².